The minimum Gasteiger partial charge on any atom is -0.496 e. The molecule has 0 spiro atoms. The molecule has 2 aromatic rings. The van der Waals surface area contributed by atoms with Crippen molar-refractivity contribution in [2.45, 2.75) is 10.3 Å². The van der Waals surface area contributed by atoms with E-state index in [0.717, 1.165) is 15.8 Å². The smallest absolute Gasteiger partial charge is 0.244 e. The third-order valence-corrected chi connectivity index (χ3v) is 7.40. The Hall–Kier alpha value is -1.02. The highest BCUT2D eigenvalue weighted by Crippen LogP contribution is 2.45. The molecule has 1 unspecified atom stereocenters. The number of sulfonamides is 1. The number of hydrogen-bond acceptors (Lipinski definition) is 4. The fourth-order valence-electron chi connectivity index (χ4n) is 2.57. The molecule has 0 saturated carbocycles. The van der Waals surface area contributed by atoms with Gasteiger partial charge in [-0.25, -0.2) is 8.42 Å². The normalized spacial score (nSPS) is 19.0. The monoisotopic (exact) mass is 413 g/mol. The van der Waals surface area contributed by atoms with Crippen molar-refractivity contribution in [3.05, 3.63) is 58.6 Å². The number of ether oxygens (including phenoxy) is 1. The van der Waals surface area contributed by atoms with Gasteiger partial charge in [-0.1, -0.05) is 34.1 Å². The second kappa shape index (κ2) is 6.84. The second-order valence-corrected chi connectivity index (χ2v) is 9.03. The van der Waals surface area contributed by atoms with Crippen LogP contribution in [-0.4, -0.2) is 32.1 Å². The molecule has 1 atom stereocenters. The maximum Gasteiger partial charge on any atom is 0.244 e. The number of halogens is 1. The van der Waals surface area contributed by atoms with Crippen LogP contribution in [0.25, 0.3) is 0 Å². The van der Waals surface area contributed by atoms with Gasteiger partial charge in [0.2, 0.25) is 10.0 Å². The minimum absolute atomic E-state index is 0.285. The Balaban J connectivity index is 2.03. The van der Waals surface area contributed by atoms with Gasteiger partial charge in [0, 0.05) is 22.3 Å². The van der Waals surface area contributed by atoms with Crippen molar-refractivity contribution in [1.82, 2.24) is 4.31 Å². The molecular formula is C16H16BrNO3S2. The summed E-state index contributed by atoms with van der Waals surface area (Å²) in [5.74, 6) is 1.45. The van der Waals surface area contributed by atoms with Crippen molar-refractivity contribution in [2.75, 3.05) is 19.4 Å². The Morgan fingerprint density at radius 3 is 2.65 bits per heavy atom. The standard InChI is InChI=1S/C16H16BrNO3S2/c1-21-15-8-7-12(17)11-14(15)16-18(9-10-22-16)23(19,20)13-5-3-2-4-6-13/h2-8,11,16H,9-10H2,1H3. The molecule has 3 rings (SSSR count). The van der Waals surface area contributed by atoms with E-state index in [1.165, 1.54) is 0 Å². The summed E-state index contributed by atoms with van der Waals surface area (Å²) in [6.45, 7) is 0.488. The molecule has 0 amide bonds. The highest BCUT2D eigenvalue weighted by Gasteiger charge is 2.38. The molecule has 1 saturated heterocycles. The Morgan fingerprint density at radius 1 is 1.22 bits per heavy atom. The lowest BCUT2D eigenvalue weighted by Crippen LogP contribution is -2.30. The van der Waals surface area contributed by atoms with Crippen molar-refractivity contribution in [3.8, 4) is 5.75 Å². The Labute approximate surface area is 149 Å². The number of thioether (sulfide) groups is 1. The van der Waals surface area contributed by atoms with Gasteiger partial charge in [0.05, 0.1) is 17.4 Å². The third kappa shape index (κ3) is 3.28. The number of rotatable bonds is 4. The molecule has 2 aromatic carbocycles. The number of nitrogens with zero attached hydrogens (tertiary/aromatic N) is 1. The van der Waals surface area contributed by atoms with E-state index in [1.807, 2.05) is 24.3 Å². The number of hydrogen-bond donors (Lipinski definition) is 0. The van der Waals surface area contributed by atoms with E-state index in [9.17, 15) is 8.42 Å². The first-order chi connectivity index (χ1) is 11.0. The van der Waals surface area contributed by atoms with E-state index in [2.05, 4.69) is 15.9 Å². The maximum atomic E-state index is 13.0. The summed E-state index contributed by atoms with van der Waals surface area (Å²) in [7, 11) is -1.93. The van der Waals surface area contributed by atoms with Gasteiger partial charge in [-0.15, -0.1) is 11.8 Å². The highest BCUT2D eigenvalue weighted by atomic mass is 79.9. The summed E-state index contributed by atoms with van der Waals surface area (Å²) < 4.78 is 33.8. The zero-order chi connectivity index (χ0) is 16.4. The summed E-state index contributed by atoms with van der Waals surface area (Å²) >= 11 is 5.06. The van der Waals surface area contributed by atoms with Crippen LogP contribution in [0.2, 0.25) is 0 Å². The SMILES string of the molecule is COc1ccc(Br)cc1C1SCCN1S(=O)(=O)c1ccccc1. The first kappa shape index (κ1) is 16.8. The van der Waals surface area contributed by atoms with E-state index in [1.54, 1.807) is 47.4 Å². The lowest BCUT2D eigenvalue weighted by atomic mass is 10.2. The summed E-state index contributed by atoms with van der Waals surface area (Å²) in [5, 5.41) is -0.285. The van der Waals surface area contributed by atoms with Crippen molar-refractivity contribution in [3.63, 3.8) is 0 Å². The molecule has 0 aromatic heterocycles. The molecule has 1 heterocycles. The summed E-state index contributed by atoms with van der Waals surface area (Å²) in [4.78, 5) is 0.321. The zero-order valence-corrected chi connectivity index (χ0v) is 15.7. The van der Waals surface area contributed by atoms with Gasteiger partial charge in [-0.2, -0.15) is 4.31 Å². The van der Waals surface area contributed by atoms with E-state index < -0.39 is 10.0 Å². The molecule has 0 N–H and O–H groups in total. The molecule has 1 fully saturated rings. The van der Waals surface area contributed by atoms with E-state index in [4.69, 9.17) is 4.74 Å². The van der Waals surface area contributed by atoms with E-state index >= 15 is 0 Å². The summed E-state index contributed by atoms with van der Waals surface area (Å²) in [5.41, 5.74) is 0.865. The Kier molecular flexibility index (Phi) is 5.01. The fraction of sp³-hybridized carbons (Fsp3) is 0.250. The van der Waals surface area contributed by atoms with Crippen molar-refractivity contribution >= 4 is 37.7 Å². The van der Waals surface area contributed by atoms with Gasteiger partial charge in [-0.3, -0.25) is 0 Å². The topological polar surface area (TPSA) is 46.6 Å². The van der Waals surface area contributed by atoms with Gasteiger partial charge in [-0.05, 0) is 30.3 Å². The second-order valence-electron chi connectivity index (χ2n) is 5.04. The molecule has 122 valence electrons. The van der Waals surface area contributed by atoms with E-state index in [0.29, 0.717) is 17.2 Å². The summed E-state index contributed by atoms with van der Waals surface area (Å²) in [6, 6.07) is 14.2. The molecule has 0 radical (unpaired) electrons. The van der Waals surface area contributed by atoms with Gasteiger partial charge < -0.3 is 4.74 Å². The molecule has 1 aliphatic heterocycles. The van der Waals surface area contributed by atoms with Crippen molar-refractivity contribution in [2.24, 2.45) is 0 Å². The third-order valence-electron chi connectivity index (χ3n) is 3.66. The van der Waals surface area contributed by atoms with Crippen LogP contribution in [0.1, 0.15) is 10.9 Å². The van der Waals surface area contributed by atoms with Crippen LogP contribution in [-0.2, 0) is 10.0 Å². The van der Waals surface area contributed by atoms with E-state index in [-0.39, 0.29) is 5.37 Å². The van der Waals surface area contributed by atoms with Gasteiger partial charge in [0.15, 0.2) is 0 Å². The van der Waals surface area contributed by atoms with Crippen LogP contribution in [0.3, 0.4) is 0 Å². The first-order valence-electron chi connectivity index (χ1n) is 7.06. The molecule has 4 nitrogen and oxygen atoms in total. The van der Waals surface area contributed by atoms with Crippen LogP contribution < -0.4 is 4.74 Å². The van der Waals surface area contributed by atoms with Crippen LogP contribution >= 0.6 is 27.7 Å². The lowest BCUT2D eigenvalue weighted by molar-refractivity contribution is 0.390. The highest BCUT2D eigenvalue weighted by molar-refractivity contribution is 9.10. The van der Waals surface area contributed by atoms with Crippen LogP contribution in [0.4, 0.5) is 0 Å². The first-order valence-corrected chi connectivity index (χ1v) is 10.3. The van der Waals surface area contributed by atoms with Crippen LogP contribution in [0.15, 0.2) is 57.9 Å². The molecule has 1 aliphatic rings. The zero-order valence-electron chi connectivity index (χ0n) is 12.5. The number of benzene rings is 2. The van der Waals surface area contributed by atoms with Crippen LogP contribution in [0, 0.1) is 0 Å². The maximum absolute atomic E-state index is 13.0. The van der Waals surface area contributed by atoms with Gasteiger partial charge in [0.25, 0.3) is 0 Å². The Morgan fingerprint density at radius 2 is 1.96 bits per heavy atom. The molecular weight excluding hydrogens is 398 g/mol. The molecule has 7 heteroatoms. The number of methoxy groups -OCH3 is 1. The average Bonchev–Trinajstić information content (AvgIpc) is 3.06. The fourth-order valence-corrected chi connectivity index (χ4v) is 6.22. The minimum atomic E-state index is -3.53. The largest absolute Gasteiger partial charge is 0.496 e. The quantitative estimate of drug-likeness (QED) is 0.762. The van der Waals surface area contributed by atoms with Gasteiger partial charge >= 0.3 is 0 Å². The van der Waals surface area contributed by atoms with Crippen LogP contribution in [0.5, 0.6) is 5.75 Å². The molecule has 23 heavy (non-hydrogen) atoms. The molecule has 0 bridgehead atoms. The van der Waals surface area contributed by atoms with Gasteiger partial charge in [0.1, 0.15) is 5.75 Å². The molecule has 0 aliphatic carbocycles. The predicted octanol–water partition coefficient (Wildman–Crippen LogP) is 3.89. The lowest BCUT2D eigenvalue weighted by Gasteiger charge is -2.25. The van der Waals surface area contributed by atoms with Crippen molar-refractivity contribution < 1.29 is 13.2 Å². The average molecular weight is 414 g/mol. The van der Waals surface area contributed by atoms with Crippen molar-refractivity contribution in [1.29, 1.82) is 0 Å². The summed E-state index contributed by atoms with van der Waals surface area (Å²) in [6.07, 6.45) is 0. The Bertz CT molecular complexity index is 796. The predicted molar refractivity (Wildman–Crippen MR) is 96.2 cm³/mol.